The molecule has 0 unspecified atom stereocenters. The van der Waals surface area contributed by atoms with Gasteiger partial charge in [0.15, 0.2) is 0 Å². The van der Waals surface area contributed by atoms with Crippen LogP contribution in [0.3, 0.4) is 0 Å². The third-order valence-corrected chi connectivity index (χ3v) is 4.33. The number of hydrogen-bond acceptors (Lipinski definition) is 2. The zero-order chi connectivity index (χ0) is 17.1. The van der Waals surface area contributed by atoms with Crippen LogP contribution in [0.1, 0.15) is 27.2 Å². The van der Waals surface area contributed by atoms with Crippen LogP contribution in [0.25, 0.3) is 10.9 Å². The molecule has 1 aromatic heterocycles. The van der Waals surface area contributed by atoms with E-state index in [1.165, 1.54) is 5.56 Å². The molecule has 0 amide bonds. The van der Waals surface area contributed by atoms with Gasteiger partial charge in [-0.3, -0.25) is 0 Å². The Bertz CT molecular complexity index is 869. The van der Waals surface area contributed by atoms with Crippen LogP contribution in [-0.4, -0.2) is 22.6 Å². The molecule has 3 N–H and O–H groups in total. The summed E-state index contributed by atoms with van der Waals surface area (Å²) in [6.45, 7) is 3.27. The molecule has 3 rings (SSSR count). The summed E-state index contributed by atoms with van der Waals surface area (Å²) in [5.41, 5.74) is 4.22. The lowest BCUT2D eigenvalue weighted by Crippen LogP contribution is -2.18. The maximum Gasteiger partial charge on any atom is 0.352 e. The molecule has 0 fully saturated rings. The monoisotopic (exact) mass is 342 g/mol. The van der Waals surface area contributed by atoms with E-state index < -0.39 is 5.97 Å². The van der Waals surface area contributed by atoms with E-state index in [9.17, 15) is 9.90 Å². The van der Waals surface area contributed by atoms with Crippen molar-refractivity contribution in [1.82, 2.24) is 10.3 Å². The third kappa shape index (κ3) is 3.61. The predicted octanol–water partition coefficient (Wildman–Crippen LogP) is 4.16. The van der Waals surface area contributed by atoms with Gasteiger partial charge in [-0.1, -0.05) is 35.9 Å². The zero-order valence-electron chi connectivity index (χ0n) is 13.4. The molecule has 0 saturated carbocycles. The zero-order valence-corrected chi connectivity index (χ0v) is 14.2. The van der Waals surface area contributed by atoms with E-state index in [2.05, 4.69) is 10.3 Å². The number of halogens is 1. The molecule has 3 aromatic rings. The quantitative estimate of drug-likeness (QED) is 0.589. The molecular weight excluding hydrogens is 324 g/mol. The number of aromatic amines is 1. The largest absolute Gasteiger partial charge is 0.477 e. The van der Waals surface area contributed by atoms with E-state index in [0.29, 0.717) is 6.54 Å². The molecule has 0 spiro atoms. The van der Waals surface area contributed by atoms with Gasteiger partial charge in [-0.05, 0) is 49.2 Å². The molecule has 0 aliphatic heterocycles. The molecule has 4 nitrogen and oxygen atoms in total. The highest BCUT2D eigenvalue weighted by Crippen LogP contribution is 2.23. The van der Waals surface area contributed by atoms with E-state index in [4.69, 9.17) is 11.6 Å². The molecule has 5 heteroatoms. The Morgan fingerprint density at radius 2 is 1.96 bits per heavy atom. The number of aromatic carboxylic acids is 1. The number of fused-ring (bicyclic) bond motifs is 1. The summed E-state index contributed by atoms with van der Waals surface area (Å²) < 4.78 is 0. The second-order valence-corrected chi connectivity index (χ2v) is 6.32. The second-order valence-electron chi connectivity index (χ2n) is 5.89. The van der Waals surface area contributed by atoms with E-state index >= 15 is 0 Å². The molecule has 0 atom stereocenters. The summed E-state index contributed by atoms with van der Waals surface area (Å²) in [6.07, 6.45) is 0.862. The van der Waals surface area contributed by atoms with Crippen molar-refractivity contribution in [3.63, 3.8) is 0 Å². The molecule has 0 aliphatic carbocycles. The molecule has 124 valence electrons. The Morgan fingerprint density at radius 1 is 1.21 bits per heavy atom. The third-order valence-electron chi connectivity index (χ3n) is 4.08. The summed E-state index contributed by atoms with van der Waals surface area (Å²) >= 11 is 5.88. The fourth-order valence-electron chi connectivity index (χ4n) is 2.83. The van der Waals surface area contributed by atoms with E-state index in [1.54, 1.807) is 0 Å². The van der Waals surface area contributed by atoms with Crippen molar-refractivity contribution in [3.05, 3.63) is 69.9 Å². The van der Waals surface area contributed by atoms with Crippen molar-refractivity contribution in [2.24, 2.45) is 0 Å². The first-order valence-electron chi connectivity index (χ1n) is 7.84. The summed E-state index contributed by atoms with van der Waals surface area (Å²) in [7, 11) is 0. The van der Waals surface area contributed by atoms with Gasteiger partial charge in [0.2, 0.25) is 0 Å². The van der Waals surface area contributed by atoms with Crippen molar-refractivity contribution in [2.45, 2.75) is 19.9 Å². The maximum absolute atomic E-state index is 11.5. The first kappa shape index (κ1) is 16.6. The topological polar surface area (TPSA) is 65.1 Å². The Morgan fingerprint density at radius 3 is 2.67 bits per heavy atom. The summed E-state index contributed by atoms with van der Waals surface area (Å²) in [5.74, 6) is -0.932. The minimum absolute atomic E-state index is 0.259. The van der Waals surface area contributed by atoms with Crippen LogP contribution < -0.4 is 5.32 Å². The van der Waals surface area contributed by atoms with Crippen LogP contribution >= 0.6 is 11.6 Å². The van der Waals surface area contributed by atoms with Gasteiger partial charge < -0.3 is 15.4 Å². The smallest absolute Gasteiger partial charge is 0.352 e. The van der Waals surface area contributed by atoms with Gasteiger partial charge in [-0.2, -0.15) is 0 Å². The number of hydrogen-bond donors (Lipinski definition) is 3. The summed E-state index contributed by atoms with van der Waals surface area (Å²) in [4.78, 5) is 14.5. The normalized spacial score (nSPS) is 11.1. The highest BCUT2D eigenvalue weighted by Gasteiger charge is 2.16. The van der Waals surface area contributed by atoms with Gasteiger partial charge in [-0.25, -0.2) is 4.79 Å². The average molecular weight is 343 g/mol. The Balaban J connectivity index is 1.71. The second kappa shape index (κ2) is 7.07. The van der Waals surface area contributed by atoms with Gasteiger partial charge in [0.25, 0.3) is 0 Å². The van der Waals surface area contributed by atoms with Gasteiger partial charge in [0.1, 0.15) is 5.69 Å². The molecule has 24 heavy (non-hydrogen) atoms. The van der Waals surface area contributed by atoms with Crippen molar-refractivity contribution >= 4 is 28.5 Å². The van der Waals surface area contributed by atoms with Crippen LogP contribution in [0.15, 0.2) is 42.5 Å². The molecule has 1 heterocycles. The first-order chi connectivity index (χ1) is 11.5. The molecule has 2 aromatic carbocycles. The number of nitrogens with one attached hydrogen (secondary N) is 2. The summed E-state index contributed by atoms with van der Waals surface area (Å²) in [6, 6.07) is 13.7. The van der Waals surface area contributed by atoms with Gasteiger partial charge in [0.05, 0.1) is 0 Å². The molecule has 0 bridgehead atoms. The molecule has 0 aliphatic rings. The van der Waals surface area contributed by atoms with Crippen molar-refractivity contribution in [3.8, 4) is 0 Å². The minimum Gasteiger partial charge on any atom is -0.477 e. The Labute approximate surface area is 145 Å². The standard InChI is InChI=1S/C19H19ClN2O2/c1-12-2-7-15-16(18(19(23)24)22-17(15)10-12)11-21-9-8-13-3-5-14(20)6-4-13/h2-7,10,21-22H,8-9,11H2,1H3,(H,23,24). The lowest BCUT2D eigenvalue weighted by atomic mass is 10.1. The van der Waals surface area contributed by atoms with Gasteiger partial charge in [0, 0.05) is 28.0 Å². The predicted molar refractivity (Wildman–Crippen MR) is 96.9 cm³/mol. The van der Waals surface area contributed by atoms with Crippen molar-refractivity contribution in [2.75, 3.05) is 6.54 Å². The van der Waals surface area contributed by atoms with Crippen molar-refractivity contribution < 1.29 is 9.90 Å². The number of carboxylic acid groups (broad SMARTS) is 1. The van der Waals surface area contributed by atoms with Gasteiger partial charge >= 0.3 is 5.97 Å². The van der Waals surface area contributed by atoms with E-state index in [1.807, 2.05) is 49.4 Å². The van der Waals surface area contributed by atoms with Crippen molar-refractivity contribution in [1.29, 1.82) is 0 Å². The van der Waals surface area contributed by atoms with E-state index in [-0.39, 0.29) is 5.69 Å². The number of carboxylic acids is 1. The molecular formula is C19H19ClN2O2. The average Bonchev–Trinajstić information content (AvgIpc) is 2.91. The lowest BCUT2D eigenvalue weighted by Gasteiger charge is -2.06. The maximum atomic E-state index is 11.5. The molecule has 0 radical (unpaired) electrons. The fourth-order valence-corrected chi connectivity index (χ4v) is 2.96. The Kier molecular flexibility index (Phi) is 4.88. The summed E-state index contributed by atoms with van der Waals surface area (Å²) in [5, 5.41) is 14.4. The highest BCUT2D eigenvalue weighted by molar-refractivity contribution is 6.30. The highest BCUT2D eigenvalue weighted by atomic mass is 35.5. The van der Waals surface area contributed by atoms with Crippen LogP contribution in [0, 0.1) is 6.92 Å². The minimum atomic E-state index is -0.932. The number of H-pyrrole nitrogens is 1. The SMILES string of the molecule is Cc1ccc2c(CNCCc3ccc(Cl)cc3)c(C(=O)O)[nH]c2c1. The lowest BCUT2D eigenvalue weighted by molar-refractivity contribution is 0.0690. The number of aromatic nitrogens is 1. The van der Waals surface area contributed by atoms with Crippen LogP contribution in [0.2, 0.25) is 5.02 Å². The number of carbonyl (C=O) groups is 1. The molecule has 0 saturated heterocycles. The number of aryl methyl sites for hydroxylation is 1. The van der Waals surface area contributed by atoms with Crippen LogP contribution in [0.5, 0.6) is 0 Å². The van der Waals surface area contributed by atoms with E-state index in [0.717, 1.165) is 40.0 Å². The number of benzene rings is 2. The number of rotatable bonds is 6. The van der Waals surface area contributed by atoms with Gasteiger partial charge in [-0.15, -0.1) is 0 Å². The first-order valence-corrected chi connectivity index (χ1v) is 8.22. The Hall–Kier alpha value is -2.30. The fraction of sp³-hybridized carbons (Fsp3) is 0.211. The van der Waals surface area contributed by atoms with Crippen LogP contribution in [0.4, 0.5) is 0 Å². The van der Waals surface area contributed by atoms with Crippen LogP contribution in [-0.2, 0) is 13.0 Å².